The third kappa shape index (κ3) is 1.74. The third-order valence-electron chi connectivity index (χ3n) is 3.24. The summed E-state index contributed by atoms with van der Waals surface area (Å²) in [5.74, 6) is 0. The molecule has 0 bridgehead atoms. The number of hydrogen-bond donors (Lipinski definition) is 0. The quantitative estimate of drug-likeness (QED) is 0.581. The molecule has 0 unspecified atom stereocenters. The van der Waals surface area contributed by atoms with Crippen molar-refractivity contribution in [3.05, 3.63) is 60.3 Å². The van der Waals surface area contributed by atoms with E-state index in [2.05, 4.69) is 73.3 Å². The number of benzene rings is 2. The summed E-state index contributed by atoms with van der Waals surface area (Å²) >= 11 is 0. The minimum Gasteiger partial charge on any atom is -0.351 e. The third-order valence-corrected chi connectivity index (χ3v) is 3.24. The average molecular weight is 221 g/mol. The lowest BCUT2D eigenvalue weighted by Gasteiger charge is -2.04. The Kier molecular flexibility index (Phi) is 2.25. The molecule has 1 heteroatoms. The van der Waals surface area contributed by atoms with Crippen molar-refractivity contribution >= 4 is 10.9 Å². The number of aromatic nitrogens is 1. The number of fused-ring (bicyclic) bond motifs is 1. The summed E-state index contributed by atoms with van der Waals surface area (Å²) in [6.45, 7) is 2.13. The largest absolute Gasteiger partial charge is 0.351 e. The molecule has 3 rings (SSSR count). The minimum atomic E-state index is 1.28. The van der Waals surface area contributed by atoms with Crippen molar-refractivity contribution < 1.29 is 0 Å². The molecule has 0 aliphatic heterocycles. The van der Waals surface area contributed by atoms with Gasteiger partial charge in [0.15, 0.2) is 0 Å². The zero-order valence-corrected chi connectivity index (χ0v) is 10.1. The van der Waals surface area contributed by atoms with E-state index in [4.69, 9.17) is 0 Å². The van der Waals surface area contributed by atoms with E-state index >= 15 is 0 Å². The summed E-state index contributed by atoms with van der Waals surface area (Å²) in [5.41, 5.74) is 5.15. The molecule has 1 nitrogen and oxygen atoms in total. The van der Waals surface area contributed by atoms with Crippen molar-refractivity contribution in [3.63, 3.8) is 0 Å². The highest BCUT2D eigenvalue weighted by Gasteiger charge is 2.01. The van der Waals surface area contributed by atoms with Crippen LogP contribution < -0.4 is 0 Å². The Morgan fingerprint density at radius 1 is 0.882 bits per heavy atom. The molecule has 0 N–H and O–H groups in total. The highest BCUT2D eigenvalue weighted by molar-refractivity contribution is 5.85. The van der Waals surface area contributed by atoms with Gasteiger partial charge >= 0.3 is 0 Å². The van der Waals surface area contributed by atoms with Crippen molar-refractivity contribution in [2.75, 3.05) is 0 Å². The SMILES string of the molecule is Cc1cccc(-c2ccc3c(ccn3C)c2)c1. The summed E-state index contributed by atoms with van der Waals surface area (Å²) in [6.07, 6.45) is 2.10. The standard InChI is InChI=1S/C16H15N/c1-12-4-3-5-13(10-12)14-6-7-16-15(11-14)8-9-17(16)2/h3-11H,1-2H3. The maximum absolute atomic E-state index is 2.25. The van der Waals surface area contributed by atoms with Gasteiger partial charge in [-0.2, -0.15) is 0 Å². The van der Waals surface area contributed by atoms with Crippen LogP contribution in [0.1, 0.15) is 5.56 Å². The molecule has 0 aliphatic carbocycles. The van der Waals surface area contributed by atoms with Crippen LogP contribution in [0.25, 0.3) is 22.0 Å². The Morgan fingerprint density at radius 2 is 1.71 bits per heavy atom. The van der Waals surface area contributed by atoms with E-state index in [0.29, 0.717) is 0 Å². The molecule has 0 radical (unpaired) electrons. The molecule has 84 valence electrons. The van der Waals surface area contributed by atoms with Crippen LogP contribution >= 0.6 is 0 Å². The van der Waals surface area contributed by atoms with Gasteiger partial charge in [-0.3, -0.25) is 0 Å². The molecular formula is C16H15N. The van der Waals surface area contributed by atoms with E-state index < -0.39 is 0 Å². The number of hydrogen-bond acceptors (Lipinski definition) is 0. The van der Waals surface area contributed by atoms with E-state index in [1.165, 1.54) is 27.6 Å². The molecule has 2 aromatic carbocycles. The number of nitrogens with zero attached hydrogens (tertiary/aromatic N) is 1. The lowest BCUT2D eigenvalue weighted by molar-refractivity contribution is 0.969. The first-order chi connectivity index (χ1) is 8.24. The van der Waals surface area contributed by atoms with Gasteiger partial charge in [0.1, 0.15) is 0 Å². The Balaban J connectivity index is 2.18. The van der Waals surface area contributed by atoms with Gasteiger partial charge in [-0.1, -0.05) is 35.9 Å². The topological polar surface area (TPSA) is 4.93 Å². The van der Waals surface area contributed by atoms with Gasteiger partial charge in [0.25, 0.3) is 0 Å². The second-order valence-corrected chi connectivity index (χ2v) is 4.57. The van der Waals surface area contributed by atoms with Gasteiger partial charge in [0.2, 0.25) is 0 Å². The van der Waals surface area contributed by atoms with Crippen molar-refractivity contribution in [1.82, 2.24) is 4.57 Å². The summed E-state index contributed by atoms with van der Waals surface area (Å²) in [6, 6.07) is 17.4. The second-order valence-electron chi connectivity index (χ2n) is 4.57. The van der Waals surface area contributed by atoms with Gasteiger partial charge in [-0.05, 0) is 36.2 Å². The predicted octanol–water partition coefficient (Wildman–Crippen LogP) is 4.15. The van der Waals surface area contributed by atoms with Crippen LogP contribution in [0.2, 0.25) is 0 Å². The molecular weight excluding hydrogens is 206 g/mol. The molecule has 1 heterocycles. The molecule has 0 fully saturated rings. The van der Waals surface area contributed by atoms with Crippen LogP contribution in [-0.4, -0.2) is 4.57 Å². The maximum Gasteiger partial charge on any atom is 0.0478 e. The lowest BCUT2D eigenvalue weighted by atomic mass is 10.0. The minimum absolute atomic E-state index is 1.28. The van der Waals surface area contributed by atoms with Crippen molar-refractivity contribution in [1.29, 1.82) is 0 Å². The molecule has 0 atom stereocenters. The van der Waals surface area contributed by atoms with Gasteiger partial charge in [-0.25, -0.2) is 0 Å². The molecule has 0 spiro atoms. The highest BCUT2D eigenvalue weighted by Crippen LogP contribution is 2.25. The van der Waals surface area contributed by atoms with E-state index in [0.717, 1.165) is 0 Å². The Morgan fingerprint density at radius 3 is 2.53 bits per heavy atom. The number of aryl methyl sites for hydroxylation is 2. The summed E-state index contributed by atoms with van der Waals surface area (Å²) in [5, 5.41) is 1.30. The zero-order valence-electron chi connectivity index (χ0n) is 10.1. The van der Waals surface area contributed by atoms with Gasteiger partial charge in [0.05, 0.1) is 0 Å². The molecule has 0 saturated heterocycles. The monoisotopic (exact) mass is 221 g/mol. The van der Waals surface area contributed by atoms with Gasteiger partial charge in [0, 0.05) is 24.1 Å². The molecule has 1 aromatic heterocycles. The molecule has 0 aliphatic rings. The number of rotatable bonds is 1. The van der Waals surface area contributed by atoms with Crippen LogP contribution in [0.3, 0.4) is 0 Å². The normalized spacial score (nSPS) is 10.9. The fourth-order valence-corrected chi connectivity index (χ4v) is 2.29. The first-order valence-corrected chi connectivity index (χ1v) is 5.86. The Labute approximate surface area is 101 Å². The van der Waals surface area contributed by atoms with Gasteiger partial charge < -0.3 is 4.57 Å². The van der Waals surface area contributed by atoms with Crippen molar-refractivity contribution in [2.24, 2.45) is 7.05 Å². The Hall–Kier alpha value is -2.02. The first-order valence-electron chi connectivity index (χ1n) is 5.86. The van der Waals surface area contributed by atoms with Crippen LogP contribution in [0, 0.1) is 6.92 Å². The maximum atomic E-state index is 2.25. The average Bonchev–Trinajstić information content (AvgIpc) is 2.71. The van der Waals surface area contributed by atoms with E-state index in [-0.39, 0.29) is 0 Å². The van der Waals surface area contributed by atoms with Crippen molar-refractivity contribution in [2.45, 2.75) is 6.92 Å². The fraction of sp³-hybridized carbons (Fsp3) is 0.125. The van der Waals surface area contributed by atoms with Crippen LogP contribution in [0.15, 0.2) is 54.7 Å². The first kappa shape index (κ1) is 10.2. The Bertz CT molecular complexity index is 677. The van der Waals surface area contributed by atoms with Crippen LogP contribution in [-0.2, 0) is 7.05 Å². The highest BCUT2D eigenvalue weighted by atomic mass is 14.9. The molecule has 0 saturated carbocycles. The van der Waals surface area contributed by atoms with Crippen LogP contribution in [0.5, 0.6) is 0 Å². The fourth-order valence-electron chi connectivity index (χ4n) is 2.29. The van der Waals surface area contributed by atoms with E-state index in [1.807, 2.05) is 0 Å². The van der Waals surface area contributed by atoms with Crippen molar-refractivity contribution in [3.8, 4) is 11.1 Å². The predicted molar refractivity (Wildman–Crippen MR) is 73.1 cm³/mol. The van der Waals surface area contributed by atoms with E-state index in [1.54, 1.807) is 0 Å². The second kappa shape index (κ2) is 3.77. The molecule has 0 amide bonds. The van der Waals surface area contributed by atoms with Crippen LogP contribution in [0.4, 0.5) is 0 Å². The molecule has 3 aromatic rings. The summed E-state index contributed by atoms with van der Waals surface area (Å²) < 4.78 is 2.15. The smallest absolute Gasteiger partial charge is 0.0478 e. The molecule has 17 heavy (non-hydrogen) atoms. The lowest BCUT2D eigenvalue weighted by Crippen LogP contribution is -1.84. The summed E-state index contributed by atoms with van der Waals surface area (Å²) in [4.78, 5) is 0. The summed E-state index contributed by atoms with van der Waals surface area (Å²) in [7, 11) is 2.08. The van der Waals surface area contributed by atoms with Gasteiger partial charge in [-0.15, -0.1) is 0 Å². The zero-order chi connectivity index (χ0) is 11.8. The van der Waals surface area contributed by atoms with E-state index in [9.17, 15) is 0 Å².